The predicted octanol–water partition coefficient (Wildman–Crippen LogP) is 0.517. The van der Waals surface area contributed by atoms with Gasteiger partial charge >= 0.3 is 0 Å². The van der Waals surface area contributed by atoms with Gasteiger partial charge in [0.2, 0.25) is 0 Å². The highest BCUT2D eigenvalue weighted by Gasteiger charge is 2.12. The first-order valence-corrected chi connectivity index (χ1v) is 6.09. The summed E-state index contributed by atoms with van der Waals surface area (Å²) in [6.45, 7) is 1.94. The first kappa shape index (κ1) is 13.2. The summed E-state index contributed by atoms with van der Waals surface area (Å²) in [6, 6.07) is 5.53. The van der Waals surface area contributed by atoms with Crippen LogP contribution in [-0.2, 0) is 6.42 Å². The van der Waals surface area contributed by atoms with Crippen molar-refractivity contribution in [2.24, 2.45) is 5.73 Å². The fourth-order valence-corrected chi connectivity index (χ4v) is 1.83. The first-order valence-electron chi connectivity index (χ1n) is 6.09. The van der Waals surface area contributed by atoms with Crippen LogP contribution in [0.1, 0.15) is 23.0 Å². The molecule has 2 rings (SSSR count). The number of hydrogen-bond donors (Lipinski definition) is 2. The molecule has 2 aromatic heterocycles. The summed E-state index contributed by atoms with van der Waals surface area (Å²) in [6.07, 6.45) is 4.12. The lowest BCUT2D eigenvalue weighted by Gasteiger charge is -2.10. The third kappa shape index (κ3) is 2.97. The largest absolute Gasteiger partial charge is 0.354 e. The minimum absolute atomic E-state index is 0.0388. The molecule has 1 atom stereocenters. The van der Waals surface area contributed by atoms with Crippen LogP contribution < -0.4 is 11.1 Å². The van der Waals surface area contributed by atoms with Crippen LogP contribution in [0.5, 0.6) is 0 Å². The van der Waals surface area contributed by atoms with Gasteiger partial charge in [0, 0.05) is 25.5 Å². The summed E-state index contributed by atoms with van der Waals surface area (Å²) < 4.78 is 1.60. The molecule has 6 nitrogen and oxygen atoms in total. The molecule has 1 amide bonds. The molecular weight excluding hydrogens is 242 g/mol. The Labute approximate surface area is 111 Å². The highest BCUT2D eigenvalue weighted by Crippen LogP contribution is 2.13. The van der Waals surface area contributed by atoms with Gasteiger partial charge in [-0.25, -0.2) is 9.67 Å². The highest BCUT2D eigenvalue weighted by molar-refractivity contribution is 5.91. The maximum absolute atomic E-state index is 11.5. The van der Waals surface area contributed by atoms with Gasteiger partial charge < -0.3 is 11.1 Å². The molecule has 0 aliphatic carbocycles. The predicted molar refractivity (Wildman–Crippen MR) is 72.1 cm³/mol. The second kappa shape index (κ2) is 5.62. The molecule has 2 heterocycles. The number of nitrogens with two attached hydrogens (primary N) is 1. The summed E-state index contributed by atoms with van der Waals surface area (Å²) >= 11 is 0. The van der Waals surface area contributed by atoms with E-state index in [9.17, 15) is 4.79 Å². The lowest BCUT2D eigenvalue weighted by Crippen LogP contribution is -2.20. The second-order valence-corrected chi connectivity index (χ2v) is 4.39. The molecule has 0 radical (unpaired) electrons. The van der Waals surface area contributed by atoms with E-state index in [-0.39, 0.29) is 11.9 Å². The van der Waals surface area contributed by atoms with E-state index in [1.165, 1.54) is 0 Å². The van der Waals surface area contributed by atoms with Crippen LogP contribution in [0.2, 0.25) is 0 Å². The standard InChI is InChI=1S/C13H17N5O/c1-9(14)8-10-4-3-6-16-12(10)18-7-5-11(17-18)13(19)15-2/h3-7,9H,8,14H2,1-2H3,(H,15,19). The molecule has 0 saturated carbocycles. The lowest BCUT2D eigenvalue weighted by atomic mass is 10.1. The van der Waals surface area contributed by atoms with Gasteiger partial charge in [-0.3, -0.25) is 4.79 Å². The van der Waals surface area contributed by atoms with Gasteiger partial charge in [-0.1, -0.05) is 6.07 Å². The first-order chi connectivity index (χ1) is 9.11. The van der Waals surface area contributed by atoms with Crippen molar-refractivity contribution in [3.63, 3.8) is 0 Å². The van der Waals surface area contributed by atoms with Crippen molar-refractivity contribution in [3.8, 4) is 5.82 Å². The van der Waals surface area contributed by atoms with E-state index in [4.69, 9.17) is 5.73 Å². The van der Waals surface area contributed by atoms with Gasteiger partial charge in [-0.2, -0.15) is 5.10 Å². The number of amides is 1. The number of nitrogens with one attached hydrogen (secondary N) is 1. The topological polar surface area (TPSA) is 85.8 Å². The van der Waals surface area contributed by atoms with Crippen molar-refractivity contribution in [2.45, 2.75) is 19.4 Å². The van der Waals surface area contributed by atoms with Gasteiger partial charge in [-0.05, 0) is 31.0 Å². The Hall–Kier alpha value is -2.21. The molecule has 0 aliphatic heterocycles. The summed E-state index contributed by atoms with van der Waals surface area (Å²) in [4.78, 5) is 15.8. The quantitative estimate of drug-likeness (QED) is 0.838. The number of carbonyl (C=O) groups is 1. The Bertz CT molecular complexity index is 576. The van der Waals surface area contributed by atoms with Gasteiger partial charge in [0.25, 0.3) is 5.91 Å². The average Bonchev–Trinajstić information content (AvgIpc) is 2.87. The zero-order valence-electron chi connectivity index (χ0n) is 11.0. The zero-order chi connectivity index (χ0) is 13.8. The van der Waals surface area contributed by atoms with E-state index in [1.54, 1.807) is 30.2 Å². The number of pyridine rings is 1. The van der Waals surface area contributed by atoms with Crippen molar-refractivity contribution in [1.82, 2.24) is 20.1 Å². The van der Waals surface area contributed by atoms with E-state index >= 15 is 0 Å². The van der Waals surface area contributed by atoms with Crippen LogP contribution in [0.25, 0.3) is 5.82 Å². The van der Waals surface area contributed by atoms with Crippen LogP contribution in [0.15, 0.2) is 30.6 Å². The van der Waals surface area contributed by atoms with Gasteiger partial charge in [0.1, 0.15) is 0 Å². The molecule has 0 spiro atoms. The molecule has 3 N–H and O–H groups in total. The molecule has 6 heteroatoms. The molecule has 100 valence electrons. The number of rotatable bonds is 4. The fourth-order valence-electron chi connectivity index (χ4n) is 1.83. The molecule has 2 aromatic rings. The van der Waals surface area contributed by atoms with Crippen molar-refractivity contribution >= 4 is 5.91 Å². The minimum Gasteiger partial charge on any atom is -0.354 e. The molecule has 19 heavy (non-hydrogen) atoms. The number of hydrogen-bond acceptors (Lipinski definition) is 4. The highest BCUT2D eigenvalue weighted by atomic mass is 16.1. The van der Waals surface area contributed by atoms with Gasteiger partial charge in [-0.15, -0.1) is 0 Å². The molecule has 0 fully saturated rings. The van der Waals surface area contributed by atoms with Crippen LogP contribution in [0, 0.1) is 0 Å². The molecule has 0 saturated heterocycles. The number of aromatic nitrogens is 3. The monoisotopic (exact) mass is 259 g/mol. The molecule has 0 bridgehead atoms. The summed E-state index contributed by atoms with van der Waals surface area (Å²) in [5, 5.41) is 6.76. The molecule has 0 aromatic carbocycles. The second-order valence-electron chi connectivity index (χ2n) is 4.39. The van der Waals surface area contributed by atoms with Crippen molar-refractivity contribution in [1.29, 1.82) is 0 Å². The third-order valence-electron chi connectivity index (χ3n) is 2.68. The van der Waals surface area contributed by atoms with E-state index in [0.717, 1.165) is 5.56 Å². The maximum atomic E-state index is 11.5. The van der Waals surface area contributed by atoms with E-state index in [1.807, 2.05) is 19.1 Å². The lowest BCUT2D eigenvalue weighted by molar-refractivity contribution is 0.0957. The molecule has 1 unspecified atom stereocenters. The average molecular weight is 259 g/mol. The Kier molecular flexibility index (Phi) is 3.91. The Morgan fingerprint density at radius 2 is 2.32 bits per heavy atom. The smallest absolute Gasteiger partial charge is 0.271 e. The Morgan fingerprint density at radius 3 is 3.00 bits per heavy atom. The van der Waals surface area contributed by atoms with Crippen LogP contribution in [-0.4, -0.2) is 33.8 Å². The normalized spacial score (nSPS) is 12.2. The Balaban J connectivity index is 2.36. The van der Waals surface area contributed by atoms with Gasteiger partial charge in [0.05, 0.1) is 0 Å². The summed E-state index contributed by atoms with van der Waals surface area (Å²) in [7, 11) is 1.57. The SMILES string of the molecule is CNC(=O)c1ccn(-c2ncccc2CC(C)N)n1. The number of carbonyl (C=O) groups excluding carboxylic acids is 1. The molecule has 0 aliphatic rings. The van der Waals surface area contributed by atoms with Crippen LogP contribution >= 0.6 is 0 Å². The third-order valence-corrected chi connectivity index (χ3v) is 2.68. The van der Waals surface area contributed by atoms with Crippen LogP contribution in [0.3, 0.4) is 0 Å². The minimum atomic E-state index is -0.219. The van der Waals surface area contributed by atoms with Crippen molar-refractivity contribution in [3.05, 3.63) is 41.9 Å². The van der Waals surface area contributed by atoms with E-state index < -0.39 is 0 Å². The van der Waals surface area contributed by atoms with Crippen LogP contribution in [0.4, 0.5) is 0 Å². The number of nitrogens with zero attached hydrogens (tertiary/aromatic N) is 3. The van der Waals surface area contributed by atoms with E-state index in [0.29, 0.717) is 17.9 Å². The molecular formula is C13H17N5O. The van der Waals surface area contributed by atoms with Crippen molar-refractivity contribution in [2.75, 3.05) is 7.05 Å². The maximum Gasteiger partial charge on any atom is 0.271 e. The Morgan fingerprint density at radius 1 is 1.53 bits per heavy atom. The zero-order valence-corrected chi connectivity index (χ0v) is 11.0. The summed E-state index contributed by atoms with van der Waals surface area (Å²) in [5.74, 6) is 0.485. The fraction of sp³-hybridized carbons (Fsp3) is 0.308. The summed E-state index contributed by atoms with van der Waals surface area (Å²) in [5.41, 5.74) is 7.19. The van der Waals surface area contributed by atoms with Gasteiger partial charge in [0.15, 0.2) is 11.5 Å². The van der Waals surface area contributed by atoms with E-state index in [2.05, 4.69) is 15.4 Å². The van der Waals surface area contributed by atoms with Crippen molar-refractivity contribution < 1.29 is 4.79 Å².